The van der Waals surface area contributed by atoms with Crippen molar-refractivity contribution >= 4 is 17.7 Å². The van der Waals surface area contributed by atoms with E-state index in [1.165, 1.54) is 11.8 Å². The molecule has 2 aromatic rings. The Morgan fingerprint density at radius 2 is 2.09 bits per heavy atom. The number of rotatable bonds is 7. The zero-order valence-electron chi connectivity index (χ0n) is 13.3. The van der Waals surface area contributed by atoms with Gasteiger partial charge in [0.2, 0.25) is 5.91 Å². The molecule has 0 unspecified atom stereocenters. The minimum absolute atomic E-state index is 0.0406. The number of carbonyl (C=O) groups excluding carboxylic acids is 1. The van der Waals surface area contributed by atoms with Crippen LogP contribution >= 0.6 is 11.8 Å². The van der Waals surface area contributed by atoms with Crippen LogP contribution in [0.15, 0.2) is 29.4 Å². The fourth-order valence-electron chi connectivity index (χ4n) is 2.08. The van der Waals surface area contributed by atoms with Gasteiger partial charge in [-0.2, -0.15) is 0 Å². The van der Waals surface area contributed by atoms with Crippen LogP contribution in [0.3, 0.4) is 0 Å². The number of hydrogen-bond acceptors (Lipinski definition) is 4. The molecular weight excluding hydrogens is 296 g/mol. The van der Waals surface area contributed by atoms with Gasteiger partial charge in [0.1, 0.15) is 0 Å². The van der Waals surface area contributed by atoms with E-state index in [1.54, 1.807) is 0 Å². The topological polar surface area (TPSA) is 59.8 Å². The molecule has 0 spiro atoms. The maximum atomic E-state index is 11.7. The summed E-state index contributed by atoms with van der Waals surface area (Å²) in [6.45, 7) is 4.90. The Bertz CT molecular complexity index is 639. The minimum atomic E-state index is 0.0406. The molecule has 0 fully saturated rings. The fraction of sp³-hybridized carbons (Fsp3) is 0.438. The van der Waals surface area contributed by atoms with Crippen LogP contribution in [0, 0.1) is 6.92 Å². The van der Waals surface area contributed by atoms with Crippen LogP contribution in [-0.2, 0) is 11.8 Å². The highest BCUT2D eigenvalue weighted by Gasteiger charge is 2.13. The second-order valence-corrected chi connectivity index (χ2v) is 6.11. The first-order chi connectivity index (χ1) is 10.6. The van der Waals surface area contributed by atoms with Gasteiger partial charge in [0.15, 0.2) is 11.0 Å². The molecule has 0 saturated heterocycles. The van der Waals surface area contributed by atoms with E-state index < -0.39 is 0 Å². The lowest BCUT2D eigenvalue weighted by molar-refractivity contribution is -0.118. The monoisotopic (exact) mass is 318 g/mol. The van der Waals surface area contributed by atoms with E-state index in [2.05, 4.69) is 35.4 Å². The smallest absolute Gasteiger partial charge is 0.230 e. The Morgan fingerprint density at radius 3 is 2.82 bits per heavy atom. The number of nitrogens with zero attached hydrogens (tertiary/aromatic N) is 3. The molecule has 1 aromatic carbocycles. The second kappa shape index (κ2) is 7.98. The van der Waals surface area contributed by atoms with Crippen LogP contribution in [0.2, 0.25) is 0 Å². The van der Waals surface area contributed by atoms with Gasteiger partial charge in [0.05, 0.1) is 5.75 Å². The van der Waals surface area contributed by atoms with Gasteiger partial charge in [0, 0.05) is 19.2 Å². The van der Waals surface area contributed by atoms with Crippen molar-refractivity contribution < 1.29 is 4.79 Å². The standard InChI is InChI=1S/C16H22N4OS/c1-4-5-10-17-14(21)11-22-16-19-18-15(20(16)3)13-9-7-6-8-12(13)2/h6-9H,4-5,10-11H2,1-3H3,(H,17,21). The highest BCUT2D eigenvalue weighted by atomic mass is 32.2. The number of aryl methyl sites for hydroxylation is 1. The van der Waals surface area contributed by atoms with Crippen LogP contribution in [0.5, 0.6) is 0 Å². The lowest BCUT2D eigenvalue weighted by atomic mass is 10.1. The summed E-state index contributed by atoms with van der Waals surface area (Å²) in [5.74, 6) is 1.23. The summed E-state index contributed by atoms with van der Waals surface area (Å²) in [5, 5.41) is 12.1. The fourth-order valence-corrected chi connectivity index (χ4v) is 2.83. The Kier molecular flexibility index (Phi) is 6.00. The van der Waals surface area contributed by atoms with E-state index in [9.17, 15) is 4.79 Å². The summed E-state index contributed by atoms with van der Waals surface area (Å²) >= 11 is 1.41. The molecule has 118 valence electrons. The summed E-state index contributed by atoms with van der Waals surface area (Å²) in [7, 11) is 1.93. The van der Waals surface area contributed by atoms with Gasteiger partial charge in [0.25, 0.3) is 0 Å². The molecule has 1 heterocycles. The van der Waals surface area contributed by atoms with Gasteiger partial charge in [-0.15, -0.1) is 10.2 Å². The Morgan fingerprint density at radius 1 is 1.32 bits per heavy atom. The predicted molar refractivity (Wildman–Crippen MR) is 89.8 cm³/mol. The average Bonchev–Trinajstić information content (AvgIpc) is 2.87. The number of benzene rings is 1. The van der Waals surface area contributed by atoms with Gasteiger partial charge < -0.3 is 9.88 Å². The summed E-state index contributed by atoms with van der Waals surface area (Å²) in [5.41, 5.74) is 2.23. The maximum Gasteiger partial charge on any atom is 0.230 e. The Hall–Kier alpha value is -1.82. The molecule has 0 bridgehead atoms. The molecule has 0 aliphatic rings. The van der Waals surface area contributed by atoms with Crippen LogP contribution in [0.25, 0.3) is 11.4 Å². The Labute approximate surface area is 135 Å². The van der Waals surface area contributed by atoms with Crippen molar-refractivity contribution in [2.45, 2.75) is 31.8 Å². The molecule has 1 aromatic heterocycles. The molecule has 0 aliphatic carbocycles. The van der Waals surface area contributed by atoms with Gasteiger partial charge in [-0.3, -0.25) is 4.79 Å². The van der Waals surface area contributed by atoms with Gasteiger partial charge in [-0.25, -0.2) is 0 Å². The van der Waals surface area contributed by atoms with E-state index >= 15 is 0 Å². The molecule has 0 saturated carbocycles. The molecular formula is C16H22N4OS. The van der Waals surface area contributed by atoms with Crippen LogP contribution in [0.4, 0.5) is 0 Å². The first-order valence-electron chi connectivity index (χ1n) is 7.48. The second-order valence-electron chi connectivity index (χ2n) is 5.17. The van der Waals surface area contributed by atoms with Crippen LogP contribution in [0.1, 0.15) is 25.3 Å². The van der Waals surface area contributed by atoms with Gasteiger partial charge >= 0.3 is 0 Å². The van der Waals surface area contributed by atoms with Gasteiger partial charge in [-0.1, -0.05) is 49.4 Å². The van der Waals surface area contributed by atoms with Crippen LogP contribution in [-0.4, -0.2) is 33.0 Å². The molecule has 5 nitrogen and oxygen atoms in total. The third-order valence-corrected chi connectivity index (χ3v) is 4.43. The molecule has 1 N–H and O–H groups in total. The molecule has 22 heavy (non-hydrogen) atoms. The summed E-state index contributed by atoms with van der Waals surface area (Å²) in [4.78, 5) is 11.7. The van der Waals surface area contributed by atoms with E-state index in [1.807, 2.05) is 29.8 Å². The highest BCUT2D eigenvalue weighted by molar-refractivity contribution is 7.99. The molecule has 6 heteroatoms. The molecule has 2 rings (SSSR count). The maximum absolute atomic E-state index is 11.7. The van der Waals surface area contributed by atoms with Crippen molar-refractivity contribution in [3.63, 3.8) is 0 Å². The third kappa shape index (κ3) is 4.10. The quantitative estimate of drug-likeness (QED) is 0.630. The van der Waals surface area contributed by atoms with Crippen molar-refractivity contribution in [2.75, 3.05) is 12.3 Å². The lowest BCUT2D eigenvalue weighted by Gasteiger charge is -2.06. The number of nitrogens with one attached hydrogen (secondary N) is 1. The first-order valence-corrected chi connectivity index (χ1v) is 8.47. The first kappa shape index (κ1) is 16.5. The summed E-state index contributed by atoms with van der Waals surface area (Å²) in [6, 6.07) is 8.08. The lowest BCUT2D eigenvalue weighted by Crippen LogP contribution is -2.26. The summed E-state index contributed by atoms with van der Waals surface area (Å²) < 4.78 is 1.94. The summed E-state index contributed by atoms with van der Waals surface area (Å²) in [6.07, 6.45) is 2.09. The number of amides is 1. The van der Waals surface area contributed by atoms with Crippen molar-refractivity contribution in [3.05, 3.63) is 29.8 Å². The molecule has 1 amide bonds. The van der Waals surface area contributed by atoms with E-state index in [0.29, 0.717) is 5.75 Å². The number of hydrogen-bond donors (Lipinski definition) is 1. The number of unbranched alkanes of at least 4 members (excludes halogenated alkanes) is 1. The average molecular weight is 318 g/mol. The van der Waals surface area contributed by atoms with E-state index in [4.69, 9.17) is 0 Å². The molecule has 0 radical (unpaired) electrons. The number of aromatic nitrogens is 3. The zero-order chi connectivity index (χ0) is 15.9. The van der Waals surface area contributed by atoms with Crippen molar-refractivity contribution in [1.82, 2.24) is 20.1 Å². The zero-order valence-corrected chi connectivity index (χ0v) is 14.1. The van der Waals surface area contributed by atoms with Crippen LogP contribution < -0.4 is 5.32 Å². The molecule has 0 aliphatic heterocycles. The third-order valence-electron chi connectivity index (χ3n) is 3.41. The normalized spacial score (nSPS) is 10.7. The van der Waals surface area contributed by atoms with Gasteiger partial charge in [-0.05, 0) is 18.9 Å². The minimum Gasteiger partial charge on any atom is -0.355 e. The van der Waals surface area contributed by atoms with E-state index in [0.717, 1.165) is 41.5 Å². The highest BCUT2D eigenvalue weighted by Crippen LogP contribution is 2.24. The van der Waals surface area contributed by atoms with Crippen molar-refractivity contribution in [2.24, 2.45) is 7.05 Å². The largest absolute Gasteiger partial charge is 0.355 e. The van der Waals surface area contributed by atoms with Crippen molar-refractivity contribution in [3.8, 4) is 11.4 Å². The van der Waals surface area contributed by atoms with Crippen molar-refractivity contribution in [1.29, 1.82) is 0 Å². The predicted octanol–water partition coefficient (Wildman–Crippen LogP) is 2.80. The Balaban J connectivity index is 2.00. The number of thioether (sulfide) groups is 1. The number of carbonyl (C=O) groups is 1. The molecule has 0 atom stereocenters. The van der Waals surface area contributed by atoms with E-state index in [-0.39, 0.29) is 5.91 Å². The SMILES string of the molecule is CCCCNC(=O)CSc1nnc(-c2ccccc2C)n1C.